The fourth-order valence-corrected chi connectivity index (χ4v) is 4.97. The molecule has 4 rings (SSSR count). The maximum absolute atomic E-state index is 12.4. The lowest BCUT2D eigenvalue weighted by Crippen LogP contribution is -2.14. The molecule has 0 aliphatic rings. The quantitative estimate of drug-likeness (QED) is 0.418. The molecule has 3 heterocycles. The second-order valence-corrected chi connectivity index (χ2v) is 8.48. The van der Waals surface area contributed by atoms with Crippen molar-refractivity contribution >= 4 is 45.0 Å². The third-order valence-electron chi connectivity index (χ3n) is 3.83. The van der Waals surface area contributed by atoms with Crippen molar-refractivity contribution in [2.75, 3.05) is 11.9 Å². The SMILES string of the molecule is CCOc1ccccc1-c1nc(CC(=O)Nc2nc(-c3cccs3)cs2)cs1. The van der Waals surface area contributed by atoms with Crippen LogP contribution < -0.4 is 10.1 Å². The lowest BCUT2D eigenvalue weighted by molar-refractivity contribution is -0.115. The molecule has 0 saturated heterocycles. The number of anilines is 1. The number of nitrogens with zero attached hydrogens (tertiary/aromatic N) is 2. The van der Waals surface area contributed by atoms with Gasteiger partial charge in [-0.3, -0.25) is 4.79 Å². The van der Waals surface area contributed by atoms with Gasteiger partial charge in [-0.1, -0.05) is 18.2 Å². The number of carbonyl (C=O) groups excluding carboxylic acids is 1. The summed E-state index contributed by atoms with van der Waals surface area (Å²) in [5.41, 5.74) is 2.57. The Labute approximate surface area is 174 Å². The van der Waals surface area contributed by atoms with Gasteiger partial charge in [-0.15, -0.1) is 34.0 Å². The van der Waals surface area contributed by atoms with Crippen LogP contribution >= 0.6 is 34.0 Å². The average molecular weight is 428 g/mol. The standard InChI is InChI=1S/C20H17N3O2S3/c1-2-25-16-7-4-3-6-14(16)19-21-13(11-27-19)10-18(24)23-20-22-15(12-28-20)17-8-5-9-26-17/h3-9,11-12H,2,10H2,1H3,(H,22,23,24). The maximum atomic E-state index is 12.4. The molecule has 28 heavy (non-hydrogen) atoms. The molecule has 0 bridgehead atoms. The number of rotatable bonds is 7. The predicted molar refractivity (Wildman–Crippen MR) is 116 cm³/mol. The first-order valence-corrected chi connectivity index (χ1v) is 11.3. The van der Waals surface area contributed by atoms with E-state index in [1.165, 1.54) is 22.7 Å². The Hall–Kier alpha value is -2.55. The van der Waals surface area contributed by atoms with Gasteiger partial charge in [-0.25, -0.2) is 9.97 Å². The van der Waals surface area contributed by atoms with Gasteiger partial charge in [0.1, 0.15) is 10.8 Å². The van der Waals surface area contributed by atoms with Crippen molar-refractivity contribution in [2.45, 2.75) is 13.3 Å². The van der Waals surface area contributed by atoms with Gasteiger partial charge < -0.3 is 10.1 Å². The van der Waals surface area contributed by atoms with E-state index in [-0.39, 0.29) is 12.3 Å². The van der Waals surface area contributed by atoms with E-state index < -0.39 is 0 Å². The molecule has 1 amide bonds. The first kappa shape index (κ1) is 18.8. The van der Waals surface area contributed by atoms with Crippen LogP contribution in [0.1, 0.15) is 12.6 Å². The predicted octanol–water partition coefficient (Wildman–Crippen LogP) is 5.58. The minimum absolute atomic E-state index is 0.123. The van der Waals surface area contributed by atoms with E-state index in [1.807, 2.05) is 59.5 Å². The molecule has 142 valence electrons. The van der Waals surface area contributed by atoms with Crippen LogP contribution in [-0.4, -0.2) is 22.5 Å². The summed E-state index contributed by atoms with van der Waals surface area (Å²) in [6.07, 6.45) is 0.210. The molecule has 0 radical (unpaired) electrons. The van der Waals surface area contributed by atoms with Crippen LogP contribution in [0, 0.1) is 0 Å². The minimum Gasteiger partial charge on any atom is -0.493 e. The molecule has 0 saturated carbocycles. The van der Waals surface area contributed by atoms with Crippen molar-refractivity contribution in [3.63, 3.8) is 0 Å². The summed E-state index contributed by atoms with van der Waals surface area (Å²) in [6, 6.07) is 11.8. The third kappa shape index (κ3) is 4.30. The van der Waals surface area contributed by atoms with E-state index >= 15 is 0 Å². The Morgan fingerprint density at radius 1 is 1.07 bits per heavy atom. The Kier molecular flexibility index (Phi) is 5.80. The fourth-order valence-electron chi connectivity index (χ4n) is 2.63. The van der Waals surface area contributed by atoms with Crippen LogP contribution in [-0.2, 0) is 11.2 Å². The van der Waals surface area contributed by atoms with Crippen molar-refractivity contribution < 1.29 is 9.53 Å². The zero-order valence-corrected chi connectivity index (χ0v) is 17.5. The average Bonchev–Trinajstić information content (AvgIpc) is 3.44. The summed E-state index contributed by atoms with van der Waals surface area (Å²) < 4.78 is 5.68. The number of benzene rings is 1. The number of carbonyl (C=O) groups is 1. The molecule has 1 aromatic carbocycles. The van der Waals surface area contributed by atoms with Crippen LogP contribution in [0.15, 0.2) is 52.5 Å². The number of hydrogen-bond donors (Lipinski definition) is 1. The van der Waals surface area contributed by atoms with Gasteiger partial charge in [0.25, 0.3) is 0 Å². The zero-order chi connectivity index (χ0) is 19.3. The van der Waals surface area contributed by atoms with E-state index in [2.05, 4.69) is 15.3 Å². The number of aromatic nitrogens is 2. The molecule has 0 spiro atoms. The Morgan fingerprint density at radius 2 is 1.96 bits per heavy atom. The topological polar surface area (TPSA) is 64.1 Å². The number of ether oxygens (including phenoxy) is 1. The van der Waals surface area contributed by atoms with Crippen molar-refractivity contribution in [1.82, 2.24) is 9.97 Å². The first-order valence-electron chi connectivity index (χ1n) is 8.69. The van der Waals surface area contributed by atoms with Gasteiger partial charge in [-0.05, 0) is 30.5 Å². The Bertz CT molecular complexity index is 1070. The summed E-state index contributed by atoms with van der Waals surface area (Å²) >= 11 is 4.56. The summed E-state index contributed by atoms with van der Waals surface area (Å²) in [6.45, 7) is 2.55. The molecular weight excluding hydrogens is 410 g/mol. The van der Waals surface area contributed by atoms with Crippen molar-refractivity contribution in [3.05, 3.63) is 58.2 Å². The molecule has 0 aliphatic carbocycles. The van der Waals surface area contributed by atoms with Crippen LogP contribution in [0.4, 0.5) is 5.13 Å². The molecule has 8 heteroatoms. The fraction of sp³-hybridized carbons (Fsp3) is 0.150. The number of thiazole rings is 2. The van der Waals surface area contributed by atoms with Crippen LogP contribution in [0.3, 0.4) is 0 Å². The molecule has 0 aliphatic heterocycles. The van der Waals surface area contributed by atoms with E-state index in [0.717, 1.165) is 32.6 Å². The number of para-hydroxylation sites is 1. The third-order valence-corrected chi connectivity index (χ3v) is 6.41. The molecule has 1 N–H and O–H groups in total. The molecule has 0 fully saturated rings. The normalized spacial score (nSPS) is 10.8. The van der Waals surface area contributed by atoms with E-state index in [4.69, 9.17) is 4.74 Å². The summed E-state index contributed by atoms with van der Waals surface area (Å²) in [5, 5.41) is 10.2. The van der Waals surface area contributed by atoms with Crippen molar-refractivity contribution in [1.29, 1.82) is 0 Å². The van der Waals surface area contributed by atoms with E-state index in [1.54, 1.807) is 11.3 Å². The summed E-state index contributed by atoms with van der Waals surface area (Å²) in [4.78, 5) is 22.6. The van der Waals surface area contributed by atoms with Crippen molar-refractivity contribution in [3.8, 4) is 26.9 Å². The second-order valence-electron chi connectivity index (χ2n) is 5.81. The highest BCUT2D eigenvalue weighted by Crippen LogP contribution is 2.32. The molecule has 4 aromatic rings. The molecule has 5 nitrogen and oxygen atoms in total. The lowest BCUT2D eigenvalue weighted by atomic mass is 10.2. The summed E-state index contributed by atoms with van der Waals surface area (Å²) in [5.74, 6) is 0.682. The largest absolute Gasteiger partial charge is 0.493 e. The van der Waals surface area contributed by atoms with Crippen LogP contribution in [0.5, 0.6) is 5.75 Å². The van der Waals surface area contributed by atoms with Crippen molar-refractivity contribution in [2.24, 2.45) is 0 Å². The highest BCUT2D eigenvalue weighted by atomic mass is 32.1. The number of thiophene rings is 1. The Balaban J connectivity index is 1.42. The van der Waals surface area contributed by atoms with Gasteiger partial charge in [0.15, 0.2) is 5.13 Å². The van der Waals surface area contributed by atoms with Gasteiger partial charge >= 0.3 is 0 Å². The lowest BCUT2D eigenvalue weighted by Gasteiger charge is -2.07. The first-order chi connectivity index (χ1) is 13.7. The van der Waals surface area contributed by atoms with E-state index in [9.17, 15) is 4.79 Å². The monoisotopic (exact) mass is 427 g/mol. The maximum Gasteiger partial charge on any atom is 0.232 e. The van der Waals surface area contributed by atoms with Gasteiger partial charge in [0, 0.05) is 10.8 Å². The highest BCUT2D eigenvalue weighted by Gasteiger charge is 2.14. The number of hydrogen-bond acceptors (Lipinski definition) is 7. The van der Waals surface area contributed by atoms with Gasteiger partial charge in [-0.2, -0.15) is 0 Å². The van der Waals surface area contributed by atoms with Crippen LogP contribution in [0.25, 0.3) is 21.1 Å². The van der Waals surface area contributed by atoms with E-state index in [0.29, 0.717) is 11.7 Å². The highest BCUT2D eigenvalue weighted by molar-refractivity contribution is 7.16. The second kappa shape index (κ2) is 8.64. The Morgan fingerprint density at radius 3 is 2.79 bits per heavy atom. The minimum atomic E-state index is -0.123. The molecule has 0 atom stereocenters. The smallest absolute Gasteiger partial charge is 0.232 e. The number of amides is 1. The van der Waals surface area contributed by atoms with Gasteiger partial charge in [0.2, 0.25) is 5.91 Å². The molecule has 0 unspecified atom stereocenters. The zero-order valence-electron chi connectivity index (χ0n) is 15.0. The summed E-state index contributed by atoms with van der Waals surface area (Å²) in [7, 11) is 0. The molecular formula is C20H17N3O2S3. The van der Waals surface area contributed by atoms with Gasteiger partial charge in [0.05, 0.1) is 34.9 Å². The number of nitrogens with one attached hydrogen (secondary N) is 1. The van der Waals surface area contributed by atoms with Crippen LogP contribution in [0.2, 0.25) is 0 Å². The molecule has 3 aromatic heterocycles.